The first-order chi connectivity index (χ1) is 8.08. The molecule has 0 spiro atoms. The first-order valence-corrected chi connectivity index (χ1v) is 9.33. The Labute approximate surface area is 113 Å². The van der Waals surface area contributed by atoms with Crippen molar-refractivity contribution in [1.82, 2.24) is 4.90 Å². The fraction of sp³-hybridized carbons (Fsp3) is 0.786. The molecule has 0 saturated carbocycles. The molecule has 0 saturated heterocycles. The number of hydrogen-bond donors (Lipinski definition) is 0. The van der Waals surface area contributed by atoms with Gasteiger partial charge in [0.1, 0.15) is 0 Å². The Balaban J connectivity index is 3.92. The van der Waals surface area contributed by atoms with E-state index in [1.165, 1.54) is 4.90 Å². The molecule has 0 aromatic rings. The lowest BCUT2D eigenvalue weighted by Crippen LogP contribution is -2.40. The van der Waals surface area contributed by atoms with Crippen LogP contribution in [0.1, 0.15) is 33.6 Å². The SMILES string of the molecule is CN(C)C(=O)C#CCCCO[Si](C)(C)C(C)(C)C. The first-order valence-electron chi connectivity index (χ1n) is 6.42. The summed E-state index contributed by atoms with van der Waals surface area (Å²) in [7, 11) is 1.78. The zero-order chi connectivity index (χ0) is 14.4. The molecule has 3 nitrogen and oxygen atoms in total. The van der Waals surface area contributed by atoms with Crippen LogP contribution in [-0.2, 0) is 9.22 Å². The number of rotatable bonds is 4. The van der Waals surface area contributed by atoms with Gasteiger partial charge in [-0.3, -0.25) is 4.79 Å². The molecule has 0 radical (unpaired) electrons. The Morgan fingerprint density at radius 2 is 1.83 bits per heavy atom. The highest BCUT2D eigenvalue weighted by Gasteiger charge is 2.36. The monoisotopic (exact) mass is 269 g/mol. The molecular formula is C14H27NO2Si. The number of unbranched alkanes of at least 4 members (excludes halogenated alkanes) is 1. The van der Waals surface area contributed by atoms with Crippen LogP contribution in [0.2, 0.25) is 18.1 Å². The Hall–Kier alpha value is -0.793. The molecule has 0 bridgehead atoms. The highest BCUT2D eigenvalue weighted by Crippen LogP contribution is 2.36. The third-order valence-corrected chi connectivity index (χ3v) is 7.85. The number of carbonyl (C=O) groups is 1. The van der Waals surface area contributed by atoms with E-state index in [4.69, 9.17) is 4.43 Å². The van der Waals surface area contributed by atoms with Gasteiger partial charge >= 0.3 is 0 Å². The van der Waals surface area contributed by atoms with Gasteiger partial charge in [-0.15, -0.1) is 0 Å². The summed E-state index contributed by atoms with van der Waals surface area (Å²) < 4.78 is 6.02. The average molecular weight is 269 g/mol. The molecule has 0 fully saturated rings. The normalized spacial score (nSPS) is 11.7. The number of amides is 1. The molecule has 1 amide bonds. The molecule has 4 heteroatoms. The third-order valence-electron chi connectivity index (χ3n) is 3.32. The van der Waals surface area contributed by atoms with E-state index in [0.29, 0.717) is 6.42 Å². The van der Waals surface area contributed by atoms with E-state index in [0.717, 1.165) is 13.0 Å². The van der Waals surface area contributed by atoms with E-state index in [-0.39, 0.29) is 10.9 Å². The second-order valence-corrected chi connectivity index (χ2v) is 11.0. The van der Waals surface area contributed by atoms with Gasteiger partial charge in [-0.1, -0.05) is 26.7 Å². The van der Waals surface area contributed by atoms with Gasteiger partial charge in [0.15, 0.2) is 8.32 Å². The molecule has 0 aliphatic carbocycles. The summed E-state index contributed by atoms with van der Waals surface area (Å²) in [5.74, 6) is 5.35. The maximum absolute atomic E-state index is 11.2. The zero-order valence-electron chi connectivity index (χ0n) is 12.9. The Morgan fingerprint density at radius 3 is 2.28 bits per heavy atom. The average Bonchev–Trinajstić information content (AvgIpc) is 2.20. The third kappa shape index (κ3) is 6.22. The van der Waals surface area contributed by atoms with Crippen LogP contribution in [0.25, 0.3) is 0 Å². The number of nitrogens with zero attached hydrogens (tertiary/aromatic N) is 1. The van der Waals surface area contributed by atoms with Crippen LogP contribution < -0.4 is 0 Å². The van der Waals surface area contributed by atoms with Crippen molar-refractivity contribution >= 4 is 14.2 Å². The minimum atomic E-state index is -1.63. The van der Waals surface area contributed by atoms with Crippen molar-refractivity contribution in [3.63, 3.8) is 0 Å². The molecule has 104 valence electrons. The highest BCUT2D eigenvalue weighted by molar-refractivity contribution is 6.74. The lowest BCUT2D eigenvalue weighted by Gasteiger charge is -2.36. The second-order valence-electron chi connectivity index (χ2n) is 6.21. The summed E-state index contributed by atoms with van der Waals surface area (Å²) in [5, 5.41) is 0.250. The minimum absolute atomic E-state index is 0.139. The summed E-state index contributed by atoms with van der Waals surface area (Å²) in [6, 6.07) is 0. The topological polar surface area (TPSA) is 29.5 Å². The zero-order valence-corrected chi connectivity index (χ0v) is 13.9. The fourth-order valence-corrected chi connectivity index (χ4v) is 2.04. The van der Waals surface area contributed by atoms with Gasteiger partial charge < -0.3 is 9.33 Å². The summed E-state index contributed by atoms with van der Waals surface area (Å²) in [5.41, 5.74) is 0. The molecule has 0 atom stereocenters. The van der Waals surface area contributed by atoms with Crippen molar-refractivity contribution in [3.05, 3.63) is 0 Å². The summed E-state index contributed by atoms with van der Waals surface area (Å²) >= 11 is 0. The van der Waals surface area contributed by atoms with Crippen LogP contribution in [0, 0.1) is 11.8 Å². The fourth-order valence-electron chi connectivity index (χ4n) is 0.954. The van der Waals surface area contributed by atoms with Crippen LogP contribution in [-0.4, -0.2) is 39.8 Å². The van der Waals surface area contributed by atoms with E-state index < -0.39 is 8.32 Å². The maximum atomic E-state index is 11.2. The highest BCUT2D eigenvalue weighted by atomic mass is 28.4. The molecular weight excluding hydrogens is 242 g/mol. The predicted molar refractivity (Wildman–Crippen MR) is 78.9 cm³/mol. The molecule has 0 unspecified atom stereocenters. The summed E-state index contributed by atoms with van der Waals surface area (Å²) in [6.45, 7) is 11.9. The van der Waals surface area contributed by atoms with Crippen molar-refractivity contribution in [2.24, 2.45) is 0 Å². The van der Waals surface area contributed by atoms with Crippen molar-refractivity contribution in [1.29, 1.82) is 0 Å². The quantitative estimate of drug-likeness (QED) is 0.446. The molecule has 0 heterocycles. The lowest BCUT2D eigenvalue weighted by atomic mass is 10.2. The van der Waals surface area contributed by atoms with Crippen LogP contribution in [0.5, 0.6) is 0 Å². The van der Waals surface area contributed by atoms with Gasteiger partial charge in [0.05, 0.1) is 0 Å². The predicted octanol–water partition coefficient (Wildman–Crippen LogP) is 2.88. The van der Waals surface area contributed by atoms with Crippen molar-refractivity contribution in [2.45, 2.75) is 51.7 Å². The maximum Gasteiger partial charge on any atom is 0.297 e. The molecule has 0 aromatic carbocycles. The van der Waals surface area contributed by atoms with Gasteiger partial charge in [-0.25, -0.2) is 0 Å². The van der Waals surface area contributed by atoms with Gasteiger partial charge in [-0.05, 0) is 30.5 Å². The molecule has 0 rings (SSSR count). The van der Waals surface area contributed by atoms with E-state index in [2.05, 4.69) is 45.7 Å². The van der Waals surface area contributed by atoms with E-state index in [1.807, 2.05) is 0 Å². The Kier molecular flexibility index (Phi) is 6.65. The standard InChI is InChI=1S/C14H27NO2Si/c1-14(2,3)18(6,7)17-12-10-8-9-11-13(16)15(4)5/h8,10,12H2,1-7H3. The lowest BCUT2D eigenvalue weighted by molar-refractivity contribution is -0.122. The van der Waals surface area contributed by atoms with Crippen molar-refractivity contribution in [3.8, 4) is 11.8 Å². The summed E-state index contributed by atoms with van der Waals surface area (Å²) in [4.78, 5) is 12.7. The van der Waals surface area contributed by atoms with Gasteiger partial charge in [0, 0.05) is 27.1 Å². The van der Waals surface area contributed by atoms with Crippen LogP contribution >= 0.6 is 0 Å². The number of carbonyl (C=O) groups excluding carboxylic acids is 1. The van der Waals surface area contributed by atoms with Crippen molar-refractivity contribution < 1.29 is 9.22 Å². The van der Waals surface area contributed by atoms with Gasteiger partial charge in [-0.2, -0.15) is 0 Å². The largest absolute Gasteiger partial charge is 0.417 e. The molecule has 0 aliphatic rings. The van der Waals surface area contributed by atoms with Crippen LogP contribution in [0.4, 0.5) is 0 Å². The minimum Gasteiger partial charge on any atom is -0.417 e. The van der Waals surface area contributed by atoms with Crippen LogP contribution in [0.15, 0.2) is 0 Å². The molecule has 0 aromatic heterocycles. The molecule has 18 heavy (non-hydrogen) atoms. The van der Waals surface area contributed by atoms with Gasteiger partial charge in [0.2, 0.25) is 0 Å². The second kappa shape index (κ2) is 6.96. The van der Waals surface area contributed by atoms with E-state index in [9.17, 15) is 4.79 Å². The summed E-state index contributed by atoms with van der Waals surface area (Å²) in [6.07, 6.45) is 1.61. The van der Waals surface area contributed by atoms with Gasteiger partial charge in [0.25, 0.3) is 5.91 Å². The van der Waals surface area contributed by atoms with E-state index in [1.54, 1.807) is 14.1 Å². The smallest absolute Gasteiger partial charge is 0.297 e. The van der Waals surface area contributed by atoms with E-state index >= 15 is 0 Å². The molecule has 0 aliphatic heterocycles. The first kappa shape index (κ1) is 17.2. The molecule has 0 N–H and O–H groups in total. The Bertz CT molecular complexity index is 332. The van der Waals surface area contributed by atoms with Crippen molar-refractivity contribution in [2.75, 3.05) is 20.7 Å². The Morgan fingerprint density at radius 1 is 1.28 bits per heavy atom. The van der Waals surface area contributed by atoms with Crippen LogP contribution in [0.3, 0.4) is 0 Å². The number of hydrogen-bond acceptors (Lipinski definition) is 2.